The van der Waals surface area contributed by atoms with Crippen molar-refractivity contribution in [3.05, 3.63) is 71.8 Å². The summed E-state index contributed by atoms with van der Waals surface area (Å²) in [4.78, 5) is 25.9. The van der Waals surface area contributed by atoms with Gasteiger partial charge in [0.05, 0.1) is 11.8 Å². The lowest BCUT2D eigenvalue weighted by Crippen LogP contribution is -2.34. The molecule has 0 aliphatic carbocycles. The summed E-state index contributed by atoms with van der Waals surface area (Å²) in [6.45, 7) is 0.802. The van der Waals surface area contributed by atoms with E-state index in [9.17, 15) is 9.59 Å². The Bertz CT molecular complexity index is 645. The van der Waals surface area contributed by atoms with E-state index in [0.29, 0.717) is 19.5 Å². The van der Waals surface area contributed by atoms with E-state index in [2.05, 4.69) is 0 Å². The highest BCUT2D eigenvalue weighted by atomic mass is 16.4. The second kappa shape index (κ2) is 6.65. The Balaban J connectivity index is 1.90. The number of benzene rings is 2. The van der Waals surface area contributed by atoms with Crippen LogP contribution in [0.1, 0.15) is 23.5 Å². The second-order valence-electron chi connectivity index (χ2n) is 5.86. The Labute approximate surface area is 135 Å². The first-order valence-electron chi connectivity index (χ1n) is 7.78. The molecule has 1 amide bonds. The summed E-state index contributed by atoms with van der Waals surface area (Å²) in [5.74, 6) is -1.68. The van der Waals surface area contributed by atoms with Gasteiger partial charge in [-0.15, -0.1) is 0 Å². The predicted molar refractivity (Wildman–Crippen MR) is 87.0 cm³/mol. The Morgan fingerprint density at radius 2 is 1.48 bits per heavy atom. The normalized spacial score (nSPS) is 17.4. The molecule has 0 aromatic heterocycles. The molecular weight excluding hydrogens is 290 g/mol. The van der Waals surface area contributed by atoms with Crippen LogP contribution in [0.25, 0.3) is 0 Å². The van der Waals surface area contributed by atoms with Crippen LogP contribution in [0.2, 0.25) is 0 Å². The molecule has 2 aromatic rings. The van der Waals surface area contributed by atoms with E-state index < -0.39 is 11.9 Å². The average molecular weight is 309 g/mol. The molecule has 1 atom stereocenters. The van der Waals surface area contributed by atoms with Gasteiger partial charge in [0.2, 0.25) is 5.91 Å². The number of carbonyl (C=O) groups excluding carboxylic acids is 1. The number of nitrogens with zero attached hydrogens (tertiary/aromatic N) is 1. The third kappa shape index (κ3) is 3.26. The fourth-order valence-corrected chi connectivity index (χ4v) is 3.11. The van der Waals surface area contributed by atoms with E-state index in [4.69, 9.17) is 5.11 Å². The molecule has 118 valence electrons. The van der Waals surface area contributed by atoms with Crippen LogP contribution in [0.5, 0.6) is 0 Å². The highest BCUT2D eigenvalue weighted by Crippen LogP contribution is 2.29. The molecule has 0 spiro atoms. The molecule has 0 bridgehead atoms. The predicted octanol–water partition coefficient (Wildman–Crippen LogP) is 2.75. The Morgan fingerprint density at radius 1 is 0.957 bits per heavy atom. The van der Waals surface area contributed by atoms with Crippen LogP contribution in [0.3, 0.4) is 0 Å². The van der Waals surface area contributed by atoms with Crippen molar-refractivity contribution in [1.82, 2.24) is 4.90 Å². The zero-order chi connectivity index (χ0) is 16.2. The van der Waals surface area contributed by atoms with E-state index in [1.54, 1.807) is 4.90 Å². The first-order valence-corrected chi connectivity index (χ1v) is 7.78. The van der Waals surface area contributed by atoms with Gasteiger partial charge in [-0.05, 0) is 17.5 Å². The van der Waals surface area contributed by atoms with Crippen LogP contribution >= 0.6 is 0 Å². The molecule has 4 nitrogen and oxygen atoms in total. The minimum Gasteiger partial charge on any atom is -0.481 e. The van der Waals surface area contributed by atoms with Crippen LogP contribution in [0.15, 0.2) is 60.7 Å². The van der Waals surface area contributed by atoms with Crippen LogP contribution < -0.4 is 0 Å². The molecule has 1 heterocycles. The molecule has 1 unspecified atom stereocenters. The third-order valence-electron chi connectivity index (χ3n) is 4.36. The molecule has 23 heavy (non-hydrogen) atoms. The average Bonchev–Trinajstić information content (AvgIpc) is 3.07. The van der Waals surface area contributed by atoms with E-state index >= 15 is 0 Å². The standard InChI is InChI=1S/C19H19NO3/c21-18(20-12-11-16(13-20)19(22)23)17(14-7-3-1-4-8-14)15-9-5-2-6-10-15/h1-10,16-17H,11-13H2,(H,22,23). The lowest BCUT2D eigenvalue weighted by molar-refractivity contribution is -0.141. The number of likely N-dealkylation sites (tertiary alicyclic amines) is 1. The number of carbonyl (C=O) groups is 2. The van der Waals surface area contributed by atoms with Crippen molar-refractivity contribution in [2.75, 3.05) is 13.1 Å². The molecule has 2 aromatic carbocycles. The minimum atomic E-state index is -0.823. The maximum Gasteiger partial charge on any atom is 0.308 e. The van der Waals surface area contributed by atoms with Crippen molar-refractivity contribution in [2.24, 2.45) is 5.92 Å². The van der Waals surface area contributed by atoms with Crippen molar-refractivity contribution in [2.45, 2.75) is 12.3 Å². The third-order valence-corrected chi connectivity index (χ3v) is 4.36. The Kier molecular flexibility index (Phi) is 4.42. The van der Waals surface area contributed by atoms with Crippen LogP contribution in [0.4, 0.5) is 0 Å². The van der Waals surface area contributed by atoms with Crippen LogP contribution in [0, 0.1) is 5.92 Å². The van der Waals surface area contributed by atoms with Crippen molar-refractivity contribution < 1.29 is 14.7 Å². The summed E-state index contributed by atoms with van der Waals surface area (Å²) in [7, 11) is 0. The Morgan fingerprint density at radius 3 is 1.91 bits per heavy atom. The van der Waals surface area contributed by atoms with Gasteiger partial charge in [-0.2, -0.15) is 0 Å². The van der Waals surface area contributed by atoms with Gasteiger partial charge in [0.1, 0.15) is 0 Å². The number of aliphatic carboxylic acids is 1. The number of rotatable bonds is 4. The van der Waals surface area contributed by atoms with E-state index in [1.165, 1.54) is 0 Å². The van der Waals surface area contributed by atoms with Gasteiger partial charge in [0, 0.05) is 13.1 Å². The van der Waals surface area contributed by atoms with Gasteiger partial charge in [-0.3, -0.25) is 9.59 Å². The monoisotopic (exact) mass is 309 g/mol. The summed E-state index contributed by atoms with van der Waals surface area (Å²) in [6, 6.07) is 19.3. The molecule has 3 rings (SSSR count). The first-order chi connectivity index (χ1) is 11.2. The van der Waals surface area contributed by atoms with Crippen molar-refractivity contribution in [1.29, 1.82) is 0 Å². The number of hydrogen-bond acceptors (Lipinski definition) is 2. The van der Waals surface area contributed by atoms with Gasteiger partial charge in [0.25, 0.3) is 0 Å². The minimum absolute atomic E-state index is 0.0221. The van der Waals surface area contributed by atoms with E-state index in [1.807, 2.05) is 60.7 Å². The lowest BCUT2D eigenvalue weighted by Gasteiger charge is -2.24. The molecular formula is C19H19NO3. The maximum absolute atomic E-state index is 13.0. The molecule has 1 aliphatic heterocycles. The lowest BCUT2D eigenvalue weighted by atomic mass is 9.90. The zero-order valence-corrected chi connectivity index (χ0v) is 12.8. The smallest absolute Gasteiger partial charge is 0.308 e. The van der Waals surface area contributed by atoms with Crippen LogP contribution in [-0.2, 0) is 9.59 Å². The topological polar surface area (TPSA) is 57.6 Å². The maximum atomic E-state index is 13.0. The number of carboxylic acid groups (broad SMARTS) is 1. The van der Waals surface area contributed by atoms with Gasteiger partial charge in [-0.1, -0.05) is 60.7 Å². The second-order valence-corrected chi connectivity index (χ2v) is 5.86. The summed E-state index contributed by atoms with van der Waals surface area (Å²) in [5, 5.41) is 9.15. The molecule has 1 aliphatic rings. The largest absolute Gasteiger partial charge is 0.481 e. The molecule has 0 saturated carbocycles. The molecule has 1 fully saturated rings. The van der Waals surface area contributed by atoms with Gasteiger partial charge in [-0.25, -0.2) is 0 Å². The summed E-state index contributed by atoms with van der Waals surface area (Å²) >= 11 is 0. The van der Waals surface area contributed by atoms with E-state index in [0.717, 1.165) is 11.1 Å². The fraction of sp³-hybridized carbons (Fsp3) is 0.263. The molecule has 4 heteroatoms. The first kappa shape index (κ1) is 15.3. The fourth-order valence-electron chi connectivity index (χ4n) is 3.11. The number of carboxylic acids is 1. The van der Waals surface area contributed by atoms with Crippen molar-refractivity contribution in [3.8, 4) is 0 Å². The van der Waals surface area contributed by atoms with Crippen molar-refractivity contribution in [3.63, 3.8) is 0 Å². The van der Waals surface area contributed by atoms with E-state index in [-0.39, 0.29) is 11.8 Å². The number of amides is 1. The summed E-state index contributed by atoms with van der Waals surface area (Å²) < 4.78 is 0. The van der Waals surface area contributed by atoms with Crippen molar-refractivity contribution >= 4 is 11.9 Å². The van der Waals surface area contributed by atoms with Gasteiger partial charge < -0.3 is 10.0 Å². The zero-order valence-electron chi connectivity index (χ0n) is 12.8. The molecule has 1 N–H and O–H groups in total. The number of hydrogen-bond donors (Lipinski definition) is 1. The highest BCUT2D eigenvalue weighted by Gasteiger charge is 2.35. The Hall–Kier alpha value is -2.62. The summed E-state index contributed by atoms with van der Waals surface area (Å²) in [5.41, 5.74) is 1.87. The summed E-state index contributed by atoms with van der Waals surface area (Å²) in [6.07, 6.45) is 0.525. The van der Waals surface area contributed by atoms with Gasteiger partial charge in [0.15, 0.2) is 0 Å². The molecule has 1 saturated heterocycles. The SMILES string of the molecule is O=C(O)C1CCN(C(=O)C(c2ccccc2)c2ccccc2)C1. The highest BCUT2D eigenvalue weighted by molar-refractivity contribution is 5.88. The molecule has 0 radical (unpaired) electrons. The van der Waals surface area contributed by atoms with Crippen LogP contribution in [-0.4, -0.2) is 35.0 Å². The van der Waals surface area contributed by atoms with Gasteiger partial charge >= 0.3 is 5.97 Å². The quantitative estimate of drug-likeness (QED) is 0.945.